The summed E-state index contributed by atoms with van der Waals surface area (Å²) >= 11 is 4.13. The first-order valence-electron chi connectivity index (χ1n) is 6.12. The number of hydrogen-bond acceptors (Lipinski definition) is 2. The third kappa shape index (κ3) is 2.22. The fourth-order valence-corrected chi connectivity index (χ4v) is 3.22. The van der Waals surface area contributed by atoms with E-state index in [0.717, 1.165) is 26.2 Å². The molecule has 0 bridgehead atoms. The summed E-state index contributed by atoms with van der Waals surface area (Å²) in [4.78, 5) is 11.8. The predicted molar refractivity (Wildman–Crippen MR) is 63.7 cm³/mol. The Morgan fingerprint density at radius 3 is 2.00 bits per heavy atom. The molecule has 2 saturated heterocycles. The Balaban J connectivity index is 2.12. The largest absolute Gasteiger partial charge is 0.391 e. The molecule has 4 heteroatoms. The van der Waals surface area contributed by atoms with Crippen molar-refractivity contribution in [1.29, 1.82) is 0 Å². The Morgan fingerprint density at radius 1 is 0.933 bits per heavy atom. The maximum Gasteiger partial charge on any atom is 0.391 e. The van der Waals surface area contributed by atoms with Gasteiger partial charge in [-0.2, -0.15) is 4.59 Å². The van der Waals surface area contributed by atoms with Crippen LogP contribution in [0.5, 0.6) is 0 Å². The molecular weight excluding hydrogens is 208 g/mol. The molecule has 0 spiro atoms. The quantitative estimate of drug-likeness (QED) is 0.550. The summed E-state index contributed by atoms with van der Waals surface area (Å²) in [7, 11) is 0. The summed E-state index contributed by atoms with van der Waals surface area (Å²) in [5.41, 5.74) is 0. The minimum Gasteiger partial charge on any atom is -0.217 e. The fourth-order valence-electron chi connectivity index (χ4n) is 2.89. The summed E-state index contributed by atoms with van der Waals surface area (Å²) in [6.07, 6.45) is 7.40. The van der Waals surface area contributed by atoms with Crippen molar-refractivity contribution in [2.75, 3.05) is 26.2 Å². The second kappa shape index (κ2) is 4.85. The van der Waals surface area contributed by atoms with Crippen LogP contribution < -0.4 is 0 Å². The first-order chi connectivity index (χ1) is 7.26. The molecule has 2 aliphatic heterocycles. The van der Waals surface area contributed by atoms with Gasteiger partial charge in [0.2, 0.25) is 0 Å². The number of amides is 1. The standard InChI is InChI=1S/C11H20N2OS/c14-11(15)13(9-5-2-6-10-13)12-7-3-1-4-8-12/h1-10H2/p+1. The molecule has 0 aromatic heterocycles. The monoisotopic (exact) mass is 229 g/mol. The summed E-state index contributed by atoms with van der Waals surface area (Å²) in [6, 6.07) is 0. The van der Waals surface area contributed by atoms with E-state index in [4.69, 9.17) is 0 Å². The van der Waals surface area contributed by atoms with Crippen LogP contribution in [0.25, 0.3) is 0 Å². The van der Waals surface area contributed by atoms with E-state index < -0.39 is 0 Å². The first-order valence-corrected chi connectivity index (χ1v) is 6.56. The van der Waals surface area contributed by atoms with Crippen LogP contribution in [0.2, 0.25) is 0 Å². The minimum atomic E-state index is 0.0524. The SMILES string of the molecule is O=C(S)[N+]1(N2CCCCC2)CCCCC1. The molecule has 2 rings (SSSR count). The van der Waals surface area contributed by atoms with Crippen LogP contribution in [0.3, 0.4) is 0 Å². The van der Waals surface area contributed by atoms with Crippen molar-refractivity contribution >= 4 is 17.9 Å². The van der Waals surface area contributed by atoms with Crippen molar-refractivity contribution in [3.8, 4) is 0 Å². The van der Waals surface area contributed by atoms with Crippen LogP contribution in [0, 0.1) is 0 Å². The number of carbonyl (C=O) groups is 1. The van der Waals surface area contributed by atoms with Crippen LogP contribution in [0.15, 0.2) is 0 Å². The second-order valence-corrected chi connectivity index (χ2v) is 5.11. The number of nitrogens with zero attached hydrogens (tertiary/aromatic N) is 2. The third-order valence-corrected chi connectivity index (χ3v) is 4.16. The predicted octanol–water partition coefficient (Wildman–Crippen LogP) is 2.44. The van der Waals surface area contributed by atoms with Crippen molar-refractivity contribution in [2.45, 2.75) is 38.5 Å². The van der Waals surface area contributed by atoms with Gasteiger partial charge in [-0.1, -0.05) is 6.42 Å². The van der Waals surface area contributed by atoms with Crippen LogP contribution in [-0.4, -0.2) is 41.0 Å². The molecule has 0 aromatic carbocycles. The lowest BCUT2D eigenvalue weighted by molar-refractivity contribution is -0.966. The van der Waals surface area contributed by atoms with Gasteiger partial charge in [-0.05, 0) is 44.7 Å². The van der Waals surface area contributed by atoms with E-state index in [1.54, 1.807) is 0 Å². The fraction of sp³-hybridized carbons (Fsp3) is 0.909. The Morgan fingerprint density at radius 2 is 1.47 bits per heavy atom. The topological polar surface area (TPSA) is 20.3 Å². The number of rotatable bonds is 1. The molecule has 15 heavy (non-hydrogen) atoms. The summed E-state index contributed by atoms with van der Waals surface area (Å²) < 4.78 is 0.531. The minimum absolute atomic E-state index is 0.0524. The van der Waals surface area contributed by atoms with E-state index in [2.05, 4.69) is 17.6 Å². The highest BCUT2D eigenvalue weighted by molar-refractivity contribution is 7.96. The highest BCUT2D eigenvalue weighted by Gasteiger charge is 2.42. The van der Waals surface area contributed by atoms with Gasteiger partial charge in [-0.15, -0.1) is 5.01 Å². The zero-order chi connectivity index (χ0) is 10.7. The number of carbonyl (C=O) groups excluding carboxylic acids is 1. The molecule has 1 amide bonds. The van der Waals surface area contributed by atoms with E-state index in [1.807, 2.05) is 0 Å². The summed E-state index contributed by atoms with van der Waals surface area (Å²) in [6.45, 7) is 4.10. The number of thiol groups is 1. The van der Waals surface area contributed by atoms with Gasteiger partial charge in [0.05, 0.1) is 0 Å². The molecule has 0 aliphatic carbocycles. The normalized spacial score (nSPS) is 27.5. The third-order valence-electron chi connectivity index (χ3n) is 3.79. The molecule has 0 saturated carbocycles. The first kappa shape index (κ1) is 11.4. The average molecular weight is 229 g/mol. The molecule has 86 valence electrons. The molecule has 0 aromatic rings. The number of likely N-dealkylation sites (tertiary alicyclic amines) is 1. The zero-order valence-electron chi connectivity index (χ0n) is 9.32. The van der Waals surface area contributed by atoms with Crippen molar-refractivity contribution in [2.24, 2.45) is 0 Å². The molecule has 2 aliphatic rings. The van der Waals surface area contributed by atoms with Crippen molar-refractivity contribution in [3.05, 3.63) is 0 Å². The lowest BCUT2D eigenvalue weighted by atomic mass is 10.1. The van der Waals surface area contributed by atoms with Crippen molar-refractivity contribution < 1.29 is 9.39 Å². The Kier molecular flexibility index (Phi) is 3.69. The maximum absolute atomic E-state index is 11.8. The average Bonchev–Trinajstić information content (AvgIpc) is 2.31. The van der Waals surface area contributed by atoms with Gasteiger partial charge >= 0.3 is 5.24 Å². The Bertz CT molecular complexity index is 233. The van der Waals surface area contributed by atoms with Gasteiger partial charge in [-0.25, -0.2) is 4.79 Å². The molecule has 2 heterocycles. The number of hydrogen-bond donors (Lipinski definition) is 1. The highest BCUT2D eigenvalue weighted by atomic mass is 32.1. The lowest BCUT2D eigenvalue weighted by Gasteiger charge is -2.45. The van der Waals surface area contributed by atoms with Gasteiger partial charge in [0.15, 0.2) is 0 Å². The van der Waals surface area contributed by atoms with E-state index in [9.17, 15) is 4.79 Å². The van der Waals surface area contributed by atoms with Gasteiger partial charge in [0, 0.05) is 13.1 Å². The molecule has 0 atom stereocenters. The second-order valence-electron chi connectivity index (χ2n) is 4.73. The molecule has 0 N–H and O–H groups in total. The summed E-state index contributed by atoms with van der Waals surface area (Å²) in [5.74, 6) is 0. The van der Waals surface area contributed by atoms with E-state index >= 15 is 0 Å². The Labute approximate surface area is 97.4 Å². The van der Waals surface area contributed by atoms with Gasteiger partial charge in [-0.3, -0.25) is 0 Å². The van der Waals surface area contributed by atoms with Crippen LogP contribution in [0.4, 0.5) is 4.79 Å². The lowest BCUT2D eigenvalue weighted by Crippen LogP contribution is -2.65. The highest BCUT2D eigenvalue weighted by Crippen LogP contribution is 2.27. The number of quaternary nitrogens is 1. The molecule has 3 nitrogen and oxygen atoms in total. The molecule has 0 radical (unpaired) electrons. The van der Waals surface area contributed by atoms with E-state index in [0.29, 0.717) is 4.59 Å². The molecular formula is C11H21N2OS+. The smallest absolute Gasteiger partial charge is 0.217 e. The molecule has 0 unspecified atom stereocenters. The van der Waals surface area contributed by atoms with Crippen LogP contribution in [-0.2, 0) is 0 Å². The van der Waals surface area contributed by atoms with Crippen molar-refractivity contribution in [1.82, 2.24) is 5.01 Å². The zero-order valence-corrected chi connectivity index (χ0v) is 10.2. The Hall–Kier alpha value is -0.0600. The van der Waals surface area contributed by atoms with E-state index in [-0.39, 0.29) is 5.24 Å². The molecule has 2 fully saturated rings. The van der Waals surface area contributed by atoms with E-state index in [1.165, 1.54) is 38.5 Å². The number of piperidine rings is 2. The van der Waals surface area contributed by atoms with Gasteiger partial charge in [0.1, 0.15) is 13.1 Å². The maximum atomic E-state index is 11.8. The van der Waals surface area contributed by atoms with Crippen LogP contribution in [0.1, 0.15) is 38.5 Å². The van der Waals surface area contributed by atoms with Crippen LogP contribution >= 0.6 is 12.6 Å². The van der Waals surface area contributed by atoms with Gasteiger partial charge < -0.3 is 0 Å². The van der Waals surface area contributed by atoms with Gasteiger partial charge in [0.25, 0.3) is 0 Å². The van der Waals surface area contributed by atoms with Crippen molar-refractivity contribution in [3.63, 3.8) is 0 Å². The summed E-state index contributed by atoms with van der Waals surface area (Å²) in [5, 5.41) is 2.41.